The molecule has 1 atom stereocenters. The van der Waals surface area contributed by atoms with Gasteiger partial charge in [-0.2, -0.15) is 0 Å². The second-order valence-electron chi connectivity index (χ2n) is 5.45. The van der Waals surface area contributed by atoms with Gasteiger partial charge in [-0.1, -0.05) is 0 Å². The van der Waals surface area contributed by atoms with Gasteiger partial charge in [-0.25, -0.2) is 14.6 Å². The summed E-state index contributed by atoms with van der Waals surface area (Å²) >= 11 is 1.25. The molecule has 0 spiro atoms. The minimum Gasteiger partial charge on any atom is -0.461 e. The number of nitrogens with one attached hydrogen (secondary N) is 1. The highest BCUT2D eigenvalue weighted by atomic mass is 32.1. The number of ether oxygens (including phenoxy) is 3. The average molecular weight is 330 g/mol. The summed E-state index contributed by atoms with van der Waals surface area (Å²) in [5.74, 6) is -0.488. The van der Waals surface area contributed by atoms with Crippen molar-refractivity contribution in [1.29, 1.82) is 0 Å². The van der Waals surface area contributed by atoms with Crippen LogP contribution < -0.4 is 5.32 Å². The molecule has 124 valence electrons. The lowest BCUT2D eigenvalue weighted by molar-refractivity contribution is 0.0467. The number of hydrogen-bond donors (Lipinski definition) is 1. The van der Waals surface area contributed by atoms with E-state index in [0.717, 1.165) is 0 Å². The lowest BCUT2D eigenvalue weighted by Gasteiger charge is -2.22. The van der Waals surface area contributed by atoms with Gasteiger partial charge in [-0.05, 0) is 27.7 Å². The van der Waals surface area contributed by atoms with Crippen LogP contribution in [-0.4, -0.2) is 43.0 Å². The molecule has 1 aromatic heterocycles. The van der Waals surface area contributed by atoms with Gasteiger partial charge in [0.05, 0.1) is 13.2 Å². The van der Waals surface area contributed by atoms with Crippen LogP contribution >= 0.6 is 11.3 Å². The number of thiazole rings is 1. The van der Waals surface area contributed by atoms with Gasteiger partial charge in [0.2, 0.25) is 0 Å². The molecule has 0 aliphatic rings. The highest BCUT2D eigenvalue weighted by Gasteiger charge is 2.23. The van der Waals surface area contributed by atoms with E-state index in [1.807, 2.05) is 0 Å². The van der Waals surface area contributed by atoms with Gasteiger partial charge in [0, 0.05) is 12.5 Å². The number of carbonyl (C=O) groups excluding carboxylic acids is 2. The predicted molar refractivity (Wildman–Crippen MR) is 82.1 cm³/mol. The van der Waals surface area contributed by atoms with Crippen molar-refractivity contribution in [2.45, 2.75) is 39.3 Å². The summed E-state index contributed by atoms with van der Waals surface area (Å²) in [5, 5.41) is 4.83. The molecule has 0 saturated heterocycles. The van der Waals surface area contributed by atoms with Crippen molar-refractivity contribution in [3.63, 3.8) is 0 Å². The van der Waals surface area contributed by atoms with Gasteiger partial charge in [0.1, 0.15) is 16.7 Å². The molecule has 1 rings (SSSR count). The normalized spacial score (nSPS) is 12.6. The maximum Gasteiger partial charge on any atom is 0.408 e. The molecule has 0 aliphatic carbocycles. The maximum atomic E-state index is 11.9. The number of hydrogen-bond acceptors (Lipinski definition) is 7. The molecule has 1 aromatic rings. The topological polar surface area (TPSA) is 86.8 Å². The second-order valence-corrected chi connectivity index (χ2v) is 6.34. The van der Waals surface area contributed by atoms with E-state index in [-0.39, 0.29) is 18.9 Å². The molecule has 0 aliphatic heterocycles. The van der Waals surface area contributed by atoms with Crippen LogP contribution in [0.5, 0.6) is 0 Å². The first-order valence-corrected chi connectivity index (χ1v) is 7.75. The first-order valence-electron chi connectivity index (χ1n) is 6.87. The van der Waals surface area contributed by atoms with E-state index in [1.54, 1.807) is 33.1 Å². The van der Waals surface area contributed by atoms with E-state index < -0.39 is 23.7 Å². The minimum absolute atomic E-state index is 0.217. The minimum atomic E-state index is -0.597. The fourth-order valence-electron chi connectivity index (χ4n) is 1.54. The fourth-order valence-corrected chi connectivity index (χ4v) is 2.36. The third-order valence-corrected chi connectivity index (χ3v) is 3.29. The molecule has 8 heteroatoms. The van der Waals surface area contributed by atoms with Crippen LogP contribution in [0.3, 0.4) is 0 Å². The summed E-state index contributed by atoms with van der Waals surface area (Å²) in [5.41, 5.74) is -0.380. The zero-order valence-corrected chi connectivity index (χ0v) is 14.3. The standard InChI is InChI=1S/C14H22N2O5S/c1-6-20-12(17)10-8-22-11(15-10)9(7-19-5)16-13(18)21-14(2,3)4/h8-9H,6-7H2,1-5H3,(H,16,18). The predicted octanol–water partition coefficient (Wildman–Crippen LogP) is 2.53. The van der Waals surface area contributed by atoms with Crippen molar-refractivity contribution in [1.82, 2.24) is 10.3 Å². The molecule has 1 amide bonds. The molecule has 1 unspecified atom stereocenters. The van der Waals surface area contributed by atoms with Crippen LogP contribution in [0.4, 0.5) is 4.79 Å². The Hall–Kier alpha value is -1.67. The van der Waals surface area contributed by atoms with Crippen LogP contribution in [0.1, 0.15) is 49.2 Å². The number of methoxy groups -OCH3 is 1. The average Bonchev–Trinajstić information content (AvgIpc) is 2.85. The Bertz CT molecular complexity index is 510. The SMILES string of the molecule is CCOC(=O)c1csc(C(COC)NC(=O)OC(C)(C)C)n1. The number of carbonyl (C=O) groups is 2. The molecular formula is C14H22N2O5S. The zero-order chi connectivity index (χ0) is 16.8. The van der Waals surface area contributed by atoms with Gasteiger partial charge in [0.25, 0.3) is 0 Å². The molecule has 0 bridgehead atoms. The summed E-state index contributed by atoms with van der Waals surface area (Å²) in [4.78, 5) is 27.7. The lowest BCUT2D eigenvalue weighted by Crippen LogP contribution is -2.36. The van der Waals surface area contributed by atoms with Crippen molar-refractivity contribution in [3.05, 3.63) is 16.1 Å². The van der Waals surface area contributed by atoms with E-state index in [0.29, 0.717) is 5.01 Å². The van der Waals surface area contributed by atoms with Gasteiger partial charge >= 0.3 is 12.1 Å². The van der Waals surface area contributed by atoms with Gasteiger partial charge < -0.3 is 19.5 Å². The number of esters is 1. The lowest BCUT2D eigenvalue weighted by atomic mass is 10.2. The van der Waals surface area contributed by atoms with E-state index >= 15 is 0 Å². The molecule has 7 nitrogen and oxygen atoms in total. The zero-order valence-electron chi connectivity index (χ0n) is 13.5. The first kappa shape index (κ1) is 18.4. The molecule has 1 N–H and O–H groups in total. The highest BCUT2D eigenvalue weighted by Crippen LogP contribution is 2.20. The Labute approximate surface area is 134 Å². The molecule has 22 heavy (non-hydrogen) atoms. The summed E-state index contributed by atoms with van der Waals surface area (Å²) < 4.78 is 15.2. The summed E-state index contributed by atoms with van der Waals surface area (Å²) in [6, 6.07) is -0.493. The third kappa shape index (κ3) is 5.98. The Morgan fingerprint density at radius 3 is 2.64 bits per heavy atom. The van der Waals surface area contributed by atoms with Crippen molar-refractivity contribution in [2.24, 2.45) is 0 Å². The van der Waals surface area contributed by atoms with Gasteiger partial charge in [-0.15, -0.1) is 11.3 Å². The number of aromatic nitrogens is 1. The van der Waals surface area contributed by atoms with Crippen LogP contribution in [0.2, 0.25) is 0 Å². The summed E-state index contributed by atoms with van der Waals surface area (Å²) in [7, 11) is 1.52. The molecular weight excluding hydrogens is 308 g/mol. The van der Waals surface area contributed by atoms with E-state index in [1.165, 1.54) is 18.4 Å². The van der Waals surface area contributed by atoms with Crippen molar-refractivity contribution in [3.8, 4) is 0 Å². The molecule has 0 radical (unpaired) electrons. The molecule has 0 aromatic carbocycles. The van der Waals surface area contributed by atoms with Crippen molar-refractivity contribution in [2.75, 3.05) is 20.3 Å². The first-order chi connectivity index (χ1) is 10.3. The van der Waals surface area contributed by atoms with Crippen LogP contribution in [0, 0.1) is 0 Å². The van der Waals surface area contributed by atoms with Crippen molar-refractivity contribution < 1.29 is 23.8 Å². The number of alkyl carbamates (subject to hydrolysis) is 1. The Balaban J connectivity index is 2.78. The highest BCUT2D eigenvalue weighted by molar-refractivity contribution is 7.09. The Morgan fingerprint density at radius 2 is 2.09 bits per heavy atom. The summed E-state index contributed by atoms with van der Waals surface area (Å²) in [6.45, 7) is 7.56. The smallest absolute Gasteiger partial charge is 0.408 e. The van der Waals surface area contributed by atoms with Crippen molar-refractivity contribution >= 4 is 23.4 Å². The Kier molecular flexibility index (Phi) is 6.76. The van der Waals surface area contributed by atoms with E-state index in [4.69, 9.17) is 14.2 Å². The number of rotatable bonds is 6. The van der Waals surface area contributed by atoms with E-state index in [2.05, 4.69) is 10.3 Å². The second kappa shape index (κ2) is 8.09. The monoisotopic (exact) mass is 330 g/mol. The largest absolute Gasteiger partial charge is 0.461 e. The summed E-state index contributed by atoms with van der Waals surface area (Å²) in [6.07, 6.45) is -0.567. The fraction of sp³-hybridized carbons (Fsp3) is 0.643. The Morgan fingerprint density at radius 1 is 1.41 bits per heavy atom. The van der Waals surface area contributed by atoms with Crippen LogP contribution in [0.15, 0.2) is 5.38 Å². The molecule has 0 fully saturated rings. The van der Waals surface area contributed by atoms with E-state index in [9.17, 15) is 9.59 Å². The maximum absolute atomic E-state index is 11.9. The number of amides is 1. The molecule has 1 heterocycles. The quantitative estimate of drug-likeness (QED) is 0.807. The number of nitrogens with zero attached hydrogens (tertiary/aromatic N) is 1. The van der Waals surface area contributed by atoms with Gasteiger partial charge in [-0.3, -0.25) is 0 Å². The van der Waals surface area contributed by atoms with Crippen LogP contribution in [0.25, 0.3) is 0 Å². The molecule has 0 saturated carbocycles. The third-order valence-electron chi connectivity index (χ3n) is 2.33. The van der Waals surface area contributed by atoms with Crippen LogP contribution in [-0.2, 0) is 14.2 Å². The van der Waals surface area contributed by atoms with Gasteiger partial charge in [0.15, 0.2) is 5.69 Å².